The van der Waals surface area contributed by atoms with E-state index in [0.29, 0.717) is 28.4 Å². The lowest BCUT2D eigenvalue weighted by Crippen LogP contribution is -2.43. The number of urea groups is 2. The summed E-state index contributed by atoms with van der Waals surface area (Å²) in [5.74, 6) is -1.07. The maximum Gasteiger partial charge on any atom is 0.336 e. The fourth-order valence-corrected chi connectivity index (χ4v) is 4.59. The number of aromatic carboxylic acids is 1. The first-order valence-corrected chi connectivity index (χ1v) is 13.1. The smallest absolute Gasteiger partial charge is 0.336 e. The Balaban J connectivity index is 1.64. The average Bonchev–Trinajstić information content (AvgIpc) is 2.97. The number of carbonyl (C=O) groups excluding carboxylic acids is 2. The molecule has 0 aromatic heterocycles. The largest absolute Gasteiger partial charge is 0.478 e. The van der Waals surface area contributed by atoms with Crippen LogP contribution in [0.1, 0.15) is 46.1 Å². The van der Waals surface area contributed by atoms with Gasteiger partial charge in [0.2, 0.25) is 0 Å². The number of rotatable bonds is 9. The van der Waals surface area contributed by atoms with E-state index < -0.39 is 30.1 Å². The highest BCUT2D eigenvalue weighted by atomic mass is 35.5. The molecule has 4 amide bonds. The van der Waals surface area contributed by atoms with Crippen molar-refractivity contribution < 1.29 is 19.5 Å². The summed E-state index contributed by atoms with van der Waals surface area (Å²) in [6.07, 6.45) is 0.416. The van der Waals surface area contributed by atoms with Gasteiger partial charge in [-0.15, -0.1) is 0 Å². The fourth-order valence-electron chi connectivity index (χ4n) is 4.47. The Morgan fingerprint density at radius 2 is 1.23 bits per heavy atom. The fraction of sp³-hybridized carbons (Fsp3) is 0.129. The molecular weight excluding hydrogens is 528 g/mol. The third-order valence-corrected chi connectivity index (χ3v) is 6.59. The summed E-state index contributed by atoms with van der Waals surface area (Å²) in [5, 5.41) is 21.7. The highest BCUT2D eigenvalue weighted by Gasteiger charge is 2.28. The second-order valence-electron chi connectivity index (χ2n) is 8.97. The lowest BCUT2D eigenvalue weighted by molar-refractivity contribution is 0.0695. The van der Waals surface area contributed by atoms with Crippen LogP contribution in [-0.4, -0.2) is 23.1 Å². The SMILES string of the molecule is CCc1c(NC(=O)NC(c2ccccc2)C(NC(=O)Nc2ccc(Cl)cc2)c2ccccc2)cccc1C(=O)O. The summed E-state index contributed by atoms with van der Waals surface area (Å²) < 4.78 is 0. The Morgan fingerprint density at radius 3 is 1.73 bits per heavy atom. The molecule has 40 heavy (non-hydrogen) atoms. The predicted molar refractivity (Wildman–Crippen MR) is 157 cm³/mol. The van der Waals surface area contributed by atoms with E-state index in [-0.39, 0.29) is 5.56 Å². The van der Waals surface area contributed by atoms with Crippen molar-refractivity contribution in [1.82, 2.24) is 10.6 Å². The minimum atomic E-state index is -1.07. The summed E-state index contributed by atoms with van der Waals surface area (Å²) in [4.78, 5) is 38.2. The first kappa shape index (κ1) is 28.2. The summed E-state index contributed by atoms with van der Waals surface area (Å²) in [5.41, 5.74) is 3.12. The first-order chi connectivity index (χ1) is 19.4. The molecule has 0 aliphatic carbocycles. The molecule has 0 fully saturated rings. The Bertz CT molecular complexity index is 1460. The molecule has 4 aromatic carbocycles. The Hall–Kier alpha value is -4.82. The Morgan fingerprint density at radius 1 is 0.700 bits per heavy atom. The lowest BCUT2D eigenvalue weighted by atomic mass is 9.93. The van der Waals surface area contributed by atoms with Gasteiger partial charge in [-0.1, -0.05) is 85.3 Å². The minimum Gasteiger partial charge on any atom is -0.478 e. The summed E-state index contributed by atoms with van der Waals surface area (Å²) in [6.45, 7) is 1.83. The van der Waals surface area contributed by atoms with E-state index in [2.05, 4.69) is 21.3 Å². The van der Waals surface area contributed by atoms with E-state index in [1.807, 2.05) is 67.6 Å². The number of halogens is 1. The molecule has 5 N–H and O–H groups in total. The second-order valence-corrected chi connectivity index (χ2v) is 9.41. The number of anilines is 2. The molecule has 0 aliphatic rings. The standard InChI is InChI=1S/C31H29ClN4O4/c1-2-24-25(29(37)38)14-9-15-26(24)34-31(40)36-28(21-12-7-4-8-13-21)27(20-10-5-3-6-11-20)35-30(39)33-23-18-16-22(32)17-19-23/h3-19,27-28H,2H2,1H3,(H,37,38)(H2,33,35,39)(H2,34,36,40). The van der Waals surface area contributed by atoms with Gasteiger partial charge in [-0.05, 0) is 59.5 Å². The van der Waals surface area contributed by atoms with Crippen molar-refractivity contribution in [3.8, 4) is 0 Å². The quantitative estimate of drug-likeness (QED) is 0.152. The molecule has 4 rings (SSSR count). The van der Waals surface area contributed by atoms with Crippen LogP contribution in [0.4, 0.5) is 21.0 Å². The van der Waals surface area contributed by atoms with Crippen molar-refractivity contribution in [2.45, 2.75) is 25.4 Å². The molecular formula is C31H29ClN4O4. The van der Waals surface area contributed by atoms with Crippen molar-refractivity contribution in [2.24, 2.45) is 0 Å². The minimum absolute atomic E-state index is 0.127. The Kier molecular flexibility index (Phi) is 9.38. The van der Waals surface area contributed by atoms with Crippen molar-refractivity contribution in [3.05, 3.63) is 130 Å². The topological polar surface area (TPSA) is 120 Å². The molecule has 4 aromatic rings. The van der Waals surface area contributed by atoms with E-state index in [1.54, 1.807) is 36.4 Å². The molecule has 0 bridgehead atoms. The monoisotopic (exact) mass is 556 g/mol. The molecule has 2 unspecified atom stereocenters. The van der Waals surface area contributed by atoms with E-state index in [9.17, 15) is 19.5 Å². The van der Waals surface area contributed by atoms with E-state index in [1.165, 1.54) is 6.07 Å². The number of benzene rings is 4. The third-order valence-electron chi connectivity index (χ3n) is 6.33. The summed E-state index contributed by atoms with van der Waals surface area (Å²) >= 11 is 5.97. The van der Waals surface area contributed by atoms with Crippen molar-refractivity contribution >= 4 is 41.0 Å². The van der Waals surface area contributed by atoms with E-state index in [0.717, 1.165) is 11.1 Å². The van der Waals surface area contributed by atoms with Crippen LogP contribution in [0.15, 0.2) is 103 Å². The van der Waals surface area contributed by atoms with Crippen LogP contribution < -0.4 is 21.3 Å². The van der Waals surface area contributed by atoms with Gasteiger partial charge < -0.3 is 26.4 Å². The van der Waals surface area contributed by atoms with Gasteiger partial charge in [0.15, 0.2) is 0 Å². The van der Waals surface area contributed by atoms with Gasteiger partial charge >= 0.3 is 18.0 Å². The van der Waals surface area contributed by atoms with Crippen molar-refractivity contribution in [3.63, 3.8) is 0 Å². The van der Waals surface area contributed by atoms with Gasteiger partial charge in [0.1, 0.15) is 0 Å². The van der Waals surface area contributed by atoms with E-state index in [4.69, 9.17) is 11.6 Å². The highest BCUT2D eigenvalue weighted by molar-refractivity contribution is 6.30. The zero-order valence-electron chi connectivity index (χ0n) is 21.7. The molecule has 2 atom stereocenters. The van der Waals surface area contributed by atoms with Crippen LogP contribution in [0, 0.1) is 0 Å². The molecule has 0 spiro atoms. The molecule has 0 saturated carbocycles. The van der Waals surface area contributed by atoms with Gasteiger partial charge in [-0.2, -0.15) is 0 Å². The van der Waals surface area contributed by atoms with Crippen LogP contribution in [0.3, 0.4) is 0 Å². The molecule has 0 radical (unpaired) electrons. The predicted octanol–water partition coefficient (Wildman–Crippen LogP) is 7.03. The Labute approximate surface area is 237 Å². The molecule has 204 valence electrons. The van der Waals surface area contributed by atoms with Gasteiger partial charge in [-0.25, -0.2) is 14.4 Å². The van der Waals surface area contributed by atoms with Crippen LogP contribution >= 0.6 is 11.6 Å². The van der Waals surface area contributed by atoms with Crippen LogP contribution in [0.2, 0.25) is 5.02 Å². The zero-order valence-corrected chi connectivity index (χ0v) is 22.5. The number of carbonyl (C=O) groups is 3. The van der Waals surface area contributed by atoms with Crippen LogP contribution in [0.5, 0.6) is 0 Å². The lowest BCUT2D eigenvalue weighted by Gasteiger charge is -2.30. The number of hydrogen-bond acceptors (Lipinski definition) is 3. The molecule has 8 nitrogen and oxygen atoms in total. The van der Waals surface area contributed by atoms with Gasteiger partial charge in [-0.3, -0.25) is 0 Å². The maximum atomic E-state index is 13.4. The van der Waals surface area contributed by atoms with Crippen molar-refractivity contribution in [1.29, 1.82) is 0 Å². The number of nitrogens with one attached hydrogen (secondary N) is 4. The second kappa shape index (κ2) is 13.3. The number of hydrogen-bond donors (Lipinski definition) is 5. The number of amides is 4. The van der Waals surface area contributed by atoms with Gasteiger partial charge in [0.25, 0.3) is 0 Å². The normalized spacial score (nSPS) is 12.1. The van der Waals surface area contributed by atoms with Crippen LogP contribution in [-0.2, 0) is 6.42 Å². The third kappa shape index (κ3) is 7.18. The van der Waals surface area contributed by atoms with Gasteiger partial charge in [0.05, 0.1) is 17.6 Å². The first-order valence-electron chi connectivity index (χ1n) is 12.7. The van der Waals surface area contributed by atoms with E-state index >= 15 is 0 Å². The summed E-state index contributed by atoms with van der Waals surface area (Å²) in [7, 11) is 0. The van der Waals surface area contributed by atoms with Crippen molar-refractivity contribution in [2.75, 3.05) is 10.6 Å². The summed E-state index contributed by atoms with van der Waals surface area (Å²) in [6, 6.07) is 27.7. The maximum absolute atomic E-state index is 13.4. The number of carboxylic acid groups (broad SMARTS) is 1. The molecule has 0 aliphatic heterocycles. The average molecular weight is 557 g/mol. The molecule has 0 heterocycles. The molecule has 0 saturated heterocycles. The van der Waals surface area contributed by atoms with Crippen LogP contribution in [0.25, 0.3) is 0 Å². The number of carboxylic acids is 1. The van der Waals surface area contributed by atoms with Gasteiger partial charge in [0, 0.05) is 16.4 Å². The highest BCUT2D eigenvalue weighted by Crippen LogP contribution is 2.30. The molecule has 9 heteroatoms. The zero-order chi connectivity index (χ0) is 28.5.